The largest absolute Gasteiger partial charge is 0.480 e. The lowest BCUT2D eigenvalue weighted by Gasteiger charge is -2.33. The van der Waals surface area contributed by atoms with Gasteiger partial charge in [0.05, 0.1) is 11.4 Å². The summed E-state index contributed by atoms with van der Waals surface area (Å²) in [5.74, 6) is -0.906. The van der Waals surface area contributed by atoms with Crippen molar-refractivity contribution >= 4 is 27.6 Å². The number of sulfonamides is 1. The van der Waals surface area contributed by atoms with E-state index >= 15 is 0 Å². The number of halogens is 1. The van der Waals surface area contributed by atoms with Crippen molar-refractivity contribution in [3.05, 3.63) is 29.3 Å². The average Bonchev–Trinajstić information content (AvgIpc) is 2.38. The lowest BCUT2D eigenvalue weighted by molar-refractivity contribution is -0.138. The summed E-state index contributed by atoms with van der Waals surface area (Å²) < 4.78 is 26.2. The van der Waals surface area contributed by atoms with Crippen molar-refractivity contribution in [2.45, 2.75) is 4.90 Å². The molecule has 8 heteroatoms. The standard InChI is InChI=1S/C12H15ClN2O4S/c13-10-2-1-3-11(8-10)20(18,19)15-6-4-14(5-7-15)9-12(16)17/h1-3,8H,4-7,9H2,(H,16,17). The van der Waals surface area contributed by atoms with Crippen molar-refractivity contribution in [2.24, 2.45) is 0 Å². The van der Waals surface area contributed by atoms with Crippen LogP contribution in [-0.4, -0.2) is 61.4 Å². The molecule has 1 aromatic carbocycles. The van der Waals surface area contributed by atoms with Crippen LogP contribution in [0.3, 0.4) is 0 Å². The maximum Gasteiger partial charge on any atom is 0.317 e. The van der Waals surface area contributed by atoms with E-state index in [1.165, 1.54) is 16.4 Å². The molecule has 0 amide bonds. The van der Waals surface area contributed by atoms with Gasteiger partial charge < -0.3 is 5.11 Å². The van der Waals surface area contributed by atoms with E-state index in [-0.39, 0.29) is 24.5 Å². The number of hydrogen-bond acceptors (Lipinski definition) is 4. The second kappa shape index (κ2) is 6.09. The van der Waals surface area contributed by atoms with Gasteiger partial charge in [-0.05, 0) is 18.2 Å². The second-order valence-electron chi connectivity index (χ2n) is 4.53. The molecule has 0 radical (unpaired) electrons. The van der Waals surface area contributed by atoms with E-state index in [9.17, 15) is 13.2 Å². The fourth-order valence-electron chi connectivity index (χ4n) is 2.10. The zero-order valence-electron chi connectivity index (χ0n) is 10.7. The third kappa shape index (κ3) is 3.49. The first kappa shape index (κ1) is 15.2. The van der Waals surface area contributed by atoms with Crippen LogP contribution in [0.15, 0.2) is 29.2 Å². The zero-order valence-corrected chi connectivity index (χ0v) is 12.3. The number of hydrogen-bond donors (Lipinski definition) is 1. The van der Waals surface area contributed by atoms with Gasteiger partial charge in [0.2, 0.25) is 10.0 Å². The topological polar surface area (TPSA) is 77.9 Å². The SMILES string of the molecule is O=C(O)CN1CCN(S(=O)(=O)c2cccc(Cl)c2)CC1. The first-order valence-corrected chi connectivity index (χ1v) is 7.91. The molecule has 2 rings (SSSR count). The molecule has 0 aromatic heterocycles. The summed E-state index contributed by atoms with van der Waals surface area (Å²) in [7, 11) is -3.56. The first-order chi connectivity index (χ1) is 9.39. The minimum Gasteiger partial charge on any atom is -0.480 e. The number of carboxylic acids is 1. The van der Waals surface area contributed by atoms with Crippen LogP contribution >= 0.6 is 11.6 Å². The van der Waals surface area contributed by atoms with Gasteiger partial charge in [-0.3, -0.25) is 9.69 Å². The Kier molecular flexibility index (Phi) is 4.64. The van der Waals surface area contributed by atoms with Gasteiger partial charge in [-0.25, -0.2) is 8.42 Å². The summed E-state index contributed by atoms with van der Waals surface area (Å²) >= 11 is 5.81. The molecule has 0 aliphatic carbocycles. The molecule has 6 nitrogen and oxygen atoms in total. The van der Waals surface area contributed by atoms with E-state index in [0.29, 0.717) is 18.1 Å². The molecule has 0 spiro atoms. The van der Waals surface area contributed by atoms with Gasteiger partial charge in [0, 0.05) is 31.2 Å². The molecule has 0 saturated carbocycles. The minimum absolute atomic E-state index is 0.0644. The number of aliphatic carboxylic acids is 1. The first-order valence-electron chi connectivity index (χ1n) is 6.09. The molecule has 1 heterocycles. The van der Waals surface area contributed by atoms with Crippen molar-refractivity contribution in [1.82, 2.24) is 9.21 Å². The summed E-state index contributed by atoms with van der Waals surface area (Å²) in [5.41, 5.74) is 0. The van der Waals surface area contributed by atoms with E-state index in [0.717, 1.165) is 0 Å². The maximum atomic E-state index is 12.4. The molecule has 1 fully saturated rings. The molecule has 0 unspecified atom stereocenters. The molecule has 1 aromatic rings. The lowest BCUT2D eigenvalue weighted by Crippen LogP contribution is -2.49. The molecule has 1 N–H and O–H groups in total. The van der Waals surface area contributed by atoms with Gasteiger partial charge in [0.15, 0.2) is 0 Å². The van der Waals surface area contributed by atoms with Crippen LogP contribution in [0, 0.1) is 0 Å². The van der Waals surface area contributed by atoms with Crippen molar-refractivity contribution in [2.75, 3.05) is 32.7 Å². The highest BCUT2D eigenvalue weighted by molar-refractivity contribution is 7.89. The Morgan fingerprint density at radius 1 is 1.25 bits per heavy atom. The number of carboxylic acid groups (broad SMARTS) is 1. The number of piperazine rings is 1. The van der Waals surface area contributed by atoms with Gasteiger partial charge in [0.1, 0.15) is 0 Å². The minimum atomic E-state index is -3.56. The quantitative estimate of drug-likeness (QED) is 0.885. The van der Waals surface area contributed by atoms with Gasteiger partial charge in [0.25, 0.3) is 0 Å². The van der Waals surface area contributed by atoms with Crippen molar-refractivity contribution in [3.8, 4) is 0 Å². The molecule has 1 aliphatic heterocycles. The molecule has 0 bridgehead atoms. The van der Waals surface area contributed by atoms with Crippen LogP contribution < -0.4 is 0 Å². The third-order valence-corrected chi connectivity index (χ3v) is 5.25. The van der Waals surface area contributed by atoms with Crippen LogP contribution in [0.2, 0.25) is 5.02 Å². The van der Waals surface area contributed by atoms with Gasteiger partial charge in [-0.15, -0.1) is 0 Å². The van der Waals surface area contributed by atoms with E-state index in [1.54, 1.807) is 17.0 Å². The number of benzene rings is 1. The summed E-state index contributed by atoms with van der Waals surface area (Å²) in [6.07, 6.45) is 0. The van der Waals surface area contributed by atoms with Crippen LogP contribution in [0.5, 0.6) is 0 Å². The van der Waals surface area contributed by atoms with Crippen molar-refractivity contribution < 1.29 is 18.3 Å². The Morgan fingerprint density at radius 2 is 1.90 bits per heavy atom. The predicted molar refractivity (Wildman–Crippen MR) is 74.3 cm³/mol. The van der Waals surface area contributed by atoms with Crippen molar-refractivity contribution in [3.63, 3.8) is 0 Å². The molecule has 0 atom stereocenters. The molecular formula is C12H15ClN2O4S. The molecule has 1 aliphatic rings. The van der Waals surface area contributed by atoms with E-state index in [4.69, 9.17) is 16.7 Å². The number of nitrogens with zero attached hydrogens (tertiary/aromatic N) is 2. The highest BCUT2D eigenvalue weighted by Gasteiger charge is 2.29. The monoisotopic (exact) mass is 318 g/mol. The van der Waals surface area contributed by atoms with Crippen LogP contribution in [0.1, 0.15) is 0 Å². The Hall–Kier alpha value is -1.15. The highest BCUT2D eigenvalue weighted by Crippen LogP contribution is 2.20. The average molecular weight is 319 g/mol. The Balaban J connectivity index is 2.08. The zero-order chi connectivity index (χ0) is 14.8. The maximum absolute atomic E-state index is 12.4. The Morgan fingerprint density at radius 3 is 2.45 bits per heavy atom. The summed E-state index contributed by atoms with van der Waals surface area (Å²) in [4.78, 5) is 12.5. The fourth-order valence-corrected chi connectivity index (χ4v) is 3.82. The molecule has 110 valence electrons. The van der Waals surface area contributed by atoms with E-state index in [2.05, 4.69) is 0 Å². The van der Waals surface area contributed by atoms with Crippen LogP contribution in [-0.2, 0) is 14.8 Å². The molecule has 20 heavy (non-hydrogen) atoms. The van der Waals surface area contributed by atoms with E-state index in [1.807, 2.05) is 0 Å². The molecular weight excluding hydrogens is 304 g/mol. The predicted octanol–water partition coefficient (Wildman–Crippen LogP) is 0.731. The smallest absolute Gasteiger partial charge is 0.317 e. The Labute approximate surface area is 122 Å². The summed E-state index contributed by atoms with van der Waals surface area (Å²) in [6.45, 7) is 1.31. The third-order valence-electron chi connectivity index (χ3n) is 3.12. The fraction of sp³-hybridized carbons (Fsp3) is 0.417. The second-order valence-corrected chi connectivity index (χ2v) is 6.91. The summed E-state index contributed by atoms with van der Waals surface area (Å²) in [6, 6.07) is 6.13. The highest BCUT2D eigenvalue weighted by atomic mass is 35.5. The van der Waals surface area contributed by atoms with Crippen LogP contribution in [0.25, 0.3) is 0 Å². The normalized spacial score (nSPS) is 18.1. The number of carbonyl (C=O) groups is 1. The van der Waals surface area contributed by atoms with Gasteiger partial charge in [-0.1, -0.05) is 17.7 Å². The van der Waals surface area contributed by atoms with E-state index < -0.39 is 16.0 Å². The van der Waals surface area contributed by atoms with Crippen LogP contribution in [0.4, 0.5) is 0 Å². The Bertz CT molecular complexity index is 597. The summed E-state index contributed by atoms with van der Waals surface area (Å²) in [5, 5.41) is 9.08. The molecule has 1 saturated heterocycles. The van der Waals surface area contributed by atoms with Gasteiger partial charge >= 0.3 is 5.97 Å². The number of rotatable bonds is 4. The lowest BCUT2D eigenvalue weighted by atomic mass is 10.3. The van der Waals surface area contributed by atoms with Gasteiger partial charge in [-0.2, -0.15) is 4.31 Å². The van der Waals surface area contributed by atoms with Crippen molar-refractivity contribution in [1.29, 1.82) is 0 Å².